The molecule has 0 heterocycles. The molecule has 1 aromatic carbocycles. The number of benzene rings is 1. The Morgan fingerprint density at radius 3 is 2.40 bits per heavy atom. The van der Waals surface area contributed by atoms with Crippen molar-refractivity contribution in [3.05, 3.63) is 34.4 Å². The second-order valence-electron chi connectivity index (χ2n) is 2.85. The number of hydrogen-bond acceptors (Lipinski definition) is 2. The van der Waals surface area contributed by atoms with Gasteiger partial charge in [0, 0.05) is 16.7 Å². The van der Waals surface area contributed by atoms with Crippen LogP contribution in [0.2, 0.25) is 5.02 Å². The summed E-state index contributed by atoms with van der Waals surface area (Å²) in [5, 5.41) is -0.281. The van der Waals surface area contributed by atoms with Crippen LogP contribution < -0.4 is 0 Å². The van der Waals surface area contributed by atoms with E-state index in [1.165, 1.54) is 0 Å². The Morgan fingerprint density at radius 1 is 1.27 bits per heavy atom. The second-order valence-corrected chi connectivity index (χ2v) is 6.13. The molecule has 0 N–H and O–H groups in total. The van der Waals surface area contributed by atoms with Crippen molar-refractivity contribution >= 4 is 31.3 Å². The van der Waals surface area contributed by atoms with Crippen molar-refractivity contribution in [2.24, 2.45) is 0 Å². The topological polar surface area (TPSA) is 34.1 Å². The van der Waals surface area contributed by atoms with Crippen LogP contribution in [0.4, 0.5) is 8.78 Å². The fourth-order valence-electron chi connectivity index (χ4n) is 1.02. The minimum Gasteiger partial charge on any atom is -0.212 e. The molecule has 0 aliphatic heterocycles. The zero-order valence-corrected chi connectivity index (χ0v) is 9.63. The van der Waals surface area contributed by atoms with E-state index in [1.807, 2.05) is 0 Å². The maximum absolute atomic E-state index is 12.9. The van der Waals surface area contributed by atoms with E-state index in [0.717, 1.165) is 6.07 Å². The van der Waals surface area contributed by atoms with Crippen molar-refractivity contribution in [3.63, 3.8) is 0 Å². The molecule has 7 heteroatoms. The summed E-state index contributed by atoms with van der Waals surface area (Å²) < 4.78 is 46.9. The van der Waals surface area contributed by atoms with Crippen molar-refractivity contribution < 1.29 is 17.2 Å². The monoisotopic (exact) mass is 274 g/mol. The van der Waals surface area contributed by atoms with Crippen LogP contribution in [0.25, 0.3) is 0 Å². The lowest BCUT2D eigenvalue weighted by Gasteiger charge is -2.04. The molecule has 2 nitrogen and oxygen atoms in total. The van der Waals surface area contributed by atoms with Crippen LogP contribution in [0.5, 0.6) is 0 Å². The predicted octanol–water partition coefficient (Wildman–Crippen LogP) is 2.73. The molecule has 0 spiro atoms. The van der Waals surface area contributed by atoms with Crippen LogP contribution in [-0.2, 0) is 15.5 Å². The van der Waals surface area contributed by atoms with E-state index in [1.54, 1.807) is 0 Å². The molecule has 0 amide bonds. The summed E-state index contributed by atoms with van der Waals surface area (Å²) in [5.74, 6) is -2.14. The summed E-state index contributed by atoms with van der Waals surface area (Å²) >= 11 is 5.51. The molecule has 0 unspecified atom stereocenters. The van der Waals surface area contributed by atoms with Gasteiger partial charge in [0.15, 0.2) is 0 Å². The Morgan fingerprint density at radius 2 is 1.87 bits per heavy atom. The first-order valence-corrected chi connectivity index (χ1v) is 6.71. The third-order valence-electron chi connectivity index (χ3n) is 1.68. The van der Waals surface area contributed by atoms with E-state index in [0.29, 0.717) is 6.07 Å². The minimum atomic E-state index is -3.70. The van der Waals surface area contributed by atoms with Crippen molar-refractivity contribution in [3.8, 4) is 0 Å². The van der Waals surface area contributed by atoms with E-state index >= 15 is 0 Å². The normalized spacial score (nSPS) is 11.7. The molecule has 0 fully saturated rings. The van der Waals surface area contributed by atoms with E-state index in [-0.39, 0.29) is 17.0 Å². The van der Waals surface area contributed by atoms with Gasteiger partial charge in [0.05, 0.1) is 10.8 Å². The summed E-state index contributed by atoms with van der Waals surface area (Å²) in [5.41, 5.74) is 0.0818. The van der Waals surface area contributed by atoms with E-state index in [2.05, 4.69) is 0 Å². The summed E-state index contributed by atoms with van der Waals surface area (Å²) in [6, 6.07) is 1.61. The molecule has 0 bridgehead atoms. The van der Waals surface area contributed by atoms with Gasteiger partial charge in [0.1, 0.15) is 11.6 Å². The van der Waals surface area contributed by atoms with Crippen LogP contribution in [-0.4, -0.2) is 14.2 Å². The van der Waals surface area contributed by atoms with Gasteiger partial charge in [-0.1, -0.05) is 11.6 Å². The largest absolute Gasteiger partial charge is 0.232 e. The highest BCUT2D eigenvalue weighted by atomic mass is 35.7. The predicted molar refractivity (Wildman–Crippen MR) is 54.7 cm³/mol. The van der Waals surface area contributed by atoms with Gasteiger partial charge >= 0.3 is 0 Å². The third-order valence-corrected chi connectivity index (χ3v) is 3.26. The van der Waals surface area contributed by atoms with Gasteiger partial charge in [-0.15, -0.1) is 0 Å². The summed E-state index contributed by atoms with van der Waals surface area (Å²) in [7, 11) is 1.26. The standard InChI is InChI=1S/C8H6Cl2F2O2S/c9-8-5(1-2-15(10,13)14)3-6(11)4-7(8)12/h3-4H,1-2H2. The third kappa shape index (κ3) is 3.93. The summed E-state index contributed by atoms with van der Waals surface area (Å²) in [6.07, 6.45) is -0.126. The number of rotatable bonds is 3. The van der Waals surface area contributed by atoms with E-state index < -0.39 is 26.4 Å². The fourth-order valence-corrected chi connectivity index (χ4v) is 1.92. The smallest absolute Gasteiger partial charge is 0.212 e. The molecule has 1 rings (SSSR count). The van der Waals surface area contributed by atoms with Crippen molar-refractivity contribution in [1.82, 2.24) is 0 Å². The molecule has 0 saturated carbocycles. The van der Waals surface area contributed by atoms with Gasteiger partial charge in [-0.3, -0.25) is 0 Å². The maximum atomic E-state index is 12.9. The average molecular weight is 275 g/mol. The molecule has 1 aromatic rings. The summed E-state index contributed by atoms with van der Waals surface area (Å²) in [4.78, 5) is 0. The molecular formula is C8H6Cl2F2O2S. The summed E-state index contributed by atoms with van der Waals surface area (Å²) in [6.45, 7) is 0. The van der Waals surface area contributed by atoms with Gasteiger partial charge < -0.3 is 0 Å². The molecule has 0 radical (unpaired) electrons. The zero-order valence-electron chi connectivity index (χ0n) is 7.31. The van der Waals surface area contributed by atoms with Crippen LogP contribution >= 0.6 is 22.3 Å². The first-order chi connectivity index (χ1) is 6.79. The van der Waals surface area contributed by atoms with Crippen LogP contribution in [0, 0.1) is 11.6 Å². The molecule has 0 atom stereocenters. The van der Waals surface area contributed by atoms with E-state index in [4.69, 9.17) is 22.3 Å². The lowest BCUT2D eigenvalue weighted by atomic mass is 10.1. The van der Waals surface area contributed by atoms with Crippen molar-refractivity contribution in [1.29, 1.82) is 0 Å². The van der Waals surface area contributed by atoms with Crippen LogP contribution in [0.3, 0.4) is 0 Å². The Labute approximate surface area is 95.2 Å². The SMILES string of the molecule is O=S(=O)(Cl)CCc1cc(F)cc(F)c1Cl. The number of halogens is 4. The Bertz CT molecular complexity index is 474. The quantitative estimate of drug-likeness (QED) is 0.628. The highest BCUT2D eigenvalue weighted by Crippen LogP contribution is 2.22. The lowest BCUT2D eigenvalue weighted by Crippen LogP contribution is -2.02. The first kappa shape index (κ1) is 12.7. The molecule has 0 aliphatic rings. The molecule has 84 valence electrons. The number of hydrogen-bond donors (Lipinski definition) is 0. The Balaban J connectivity index is 2.95. The highest BCUT2D eigenvalue weighted by Gasteiger charge is 2.12. The van der Waals surface area contributed by atoms with Crippen molar-refractivity contribution in [2.45, 2.75) is 6.42 Å². The van der Waals surface area contributed by atoms with Gasteiger partial charge in [0.2, 0.25) is 9.05 Å². The molecule has 0 aliphatic carbocycles. The van der Waals surface area contributed by atoms with Gasteiger partial charge in [-0.2, -0.15) is 0 Å². The van der Waals surface area contributed by atoms with Gasteiger partial charge in [-0.25, -0.2) is 17.2 Å². The van der Waals surface area contributed by atoms with Crippen molar-refractivity contribution in [2.75, 3.05) is 5.75 Å². The van der Waals surface area contributed by atoms with Crippen LogP contribution in [0.15, 0.2) is 12.1 Å². The Kier molecular flexibility index (Phi) is 3.92. The highest BCUT2D eigenvalue weighted by molar-refractivity contribution is 8.13. The Hall–Kier alpha value is -0.390. The molecule has 0 saturated heterocycles. The van der Waals surface area contributed by atoms with E-state index in [9.17, 15) is 17.2 Å². The zero-order chi connectivity index (χ0) is 11.6. The minimum absolute atomic E-state index is 0.0818. The van der Waals surface area contributed by atoms with Crippen LogP contribution in [0.1, 0.15) is 5.56 Å². The lowest BCUT2D eigenvalue weighted by molar-refractivity contribution is 0.579. The maximum Gasteiger partial charge on any atom is 0.232 e. The molecule has 0 aromatic heterocycles. The average Bonchev–Trinajstić information content (AvgIpc) is 2.07. The molecular weight excluding hydrogens is 269 g/mol. The van der Waals surface area contributed by atoms with Gasteiger partial charge in [-0.05, 0) is 18.1 Å². The fraction of sp³-hybridized carbons (Fsp3) is 0.250. The second kappa shape index (κ2) is 4.63. The van der Waals surface area contributed by atoms with Gasteiger partial charge in [0.25, 0.3) is 0 Å². The number of aryl methyl sites for hydroxylation is 1. The molecule has 15 heavy (non-hydrogen) atoms. The first-order valence-electron chi connectivity index (χ1n) is 3.85.